The van der Waals surface area contributed by atoms with Crippen molar-refractivity contribution in [2.24, 2.45) is 5.92 Å². The van der Waals surface area contributed by atoms with Crippen molar-refractivity contribution in [1.82, 2.24) is 19.4 Å². The van der Waals surface area contributed by atoms with Gasteiger partial charge in [0, 0.05) is 29.9 Å². The lowest BCUT2D eigenvalue weighted by molar-refractivity contribution is -0.142. The fourth-order valence-corrected chi connectivity index (χ4v) is 4.80. The first-order chi connectivity index (χ1) is 16.1. The lowest BCUT2D eigenvalue weighted by Crippen LogP contribution is -2.40. The molecule has 4 rings (SSSR count). The van der Waals surface area contributed by atoms with Gasteiger partial charge in [0.1, 0.15) is 5.82 Å². The van der Waals surface area contributed by atoms with E-state index in [1.54, 1.807) is 12.3 Å². The quantitative estimate of drug-likeness (QED) is 0.485. The number of thiazole rings is 1. The van der Waals surface area contributed by atoms with Gasteiger partial charge in [0.05, 0.1) is 25.3 Å². The molecular weight excluding hydrogens is 438 g/mol. The molecule has 0 bridgehead atoms. The maximum absolute atomic E-state index is 12.5. The summed E-state index contributed by atoms with van der Waals surface area (Å²) in [6, 6.07) is 10.2. The summed E-state index contributed by atoms with van der Waals surface area (Å²) >= 11 is 1.32. The van der Waals surface area contributed by atoms with Crippen LogP contribution >= 0.6 is 11.3 Å². The molecule has 174 valence electrons. The second-order valence-corrected chi connectivity index (χ2v) is 9.02. The van der Waals surface area contributed by atoms with Gasteiger partial charge in [-0.1, -0.05) is 30.3 Å². The van der Waals surface area contributed by atoms with E-state index < -0.39 is 0 Å². The molecule has 1 fully saturated rings. The minimum atomic E-state index is -0.310. The van der Waals surface area contributed by atoms with Gasteiger partial charge < -0.3 is 14.6 Å². The van der Waals surface area contributed by atoms with Gasteiger partial charge in [-0.2, -0.15) is 0 Å². The number of aromatic nitrogens is 3. The predicted octanol–water partition coefficient (Wildman–Crippen LogP) is 3.46. The van der Waals surface area contributed by atoms with Crippen molar-refractivity contribution in [3.05, 3.63) is 53.8 Å². The highest BCUT2D eigenvalue weighted by Gasteiger charge is 2.22. The number of piperidine rings is 1. The Morgan fingerprint density at radius 3 is 2.76 bits per heavy atom. The Bertz CT molecular complexity index is 1060. The van der Waals surface area contributed by atoms with Crippen molar-refractivity contribution < 1.29 is 14.3 Å². The molecule has 0 unspecified atom stereocenters. The summed E-state index contributed by atoms with van der Waals surface area (Å²) in [5, 5.41) is 5.14. The molecule has 1 amide bonds. The van der Waals surface area contributed by atoms with E-state index in [2.05, 4.69) is 36.9 Å². The smallest absolute Gasteiger partial charge is 0.311 e. The van der Waals surface area contributed by atoms with E-state index in [9.17, 15) is 9.59 Å². The Morgan fingerprint density at radius 1 is 1.21 bits per heavy atom. The molecule has 1 saturated heterocycles. The first-order valence-electron chi connectivity index (χ1n) is 11.3. The summed E-state index contributed by atoms with van der Waals surface area (Å²) in [6.07, 6.45) is 6.11. The van der Waals surface area contributed by atoms with Gasteiger partial charge in [0.25, 0.3) is 0 Å². The maximum Gasteiger partial charge on any atom is 0.311 e. The standard InChI is InChI=1S/C24H29N5O3S/c1-2-32-22(31)14-20-17-33-24(26-20)27-21(30)16-28-11-8-18(9-12-28)15-29-13-10-25-23(29)19-6-4-3-5-7-19/h3-7,10,13,17-18H,2,8-9,11-12,14-16H2,1H3,(H,26,27,30). The van der Waals surface area contributed by atoms with E-state index in [4.69, 9.17) is 4.74 Å². The number of amides is 1. The molecular formula is C24H29N5O3S. The van der Waals surface area contributed by atoms with Gasteiger partial charge in [0.15, 0.2) is 5.13 Å². The zero-order chi connectivity index (χ0) is 23.0. The summed E-state index contributed by atoms with van der Waals surface area (Å²) in [5.74, 6) is 1.18. The molecule has 1 N–H and O–H groups in total. The second kappa shape index (κ2) is 11.2. The van der Waals surface area contributed by atoms with E-state index in [1.165, 1.54) is 11.3 Å². The van der Waals surface area contributed by atoms with Crippen molar-refractivity contribution in [3.8, 4) is 11.4 Å². The van der Waals surface area contributed by atoms with Gasteiger partial charge >= 0.3 is 5.97 Å². The van der Waals surface area contributed by atoms with Gasteiger partial charge in [-0.15, -0.1) is 11.3 Å². The molecule has 1 aliphatic heterocycles. The molecule has 1 aliphatic rings. The molecule has 2 aromatic heterocycles. The molecule has 9 heteroatoms. The van der Waals surface area contributed by atoms with Crippen LogP contribution in [0.15, 0.2) is 48.1 Å². The normalized spacial score (nSPS) is 14.8. The molecule has 0 radical (unpaired) electrons. The number of carbonyl (C=O) groups is 2. The van der Waals surface area contributed by atoms with Crippen molar-refractivity contribution >= 4 is 28.3 Å². The summed E-state index contributed by atoms with van der Waals surface area (Å²) < 4.78 is 7.17. The molecule has 8 nitrogen and oxygen atoms in total. The average molecular weight is 468 g/mol. The number of imidazole rings is 1. The summed E-state index contributed by atoms with van der Waals surface area (Å²) in [6.45, 7) is 5.18. The van der Waals surface area contributed by atoms with Crippen LogP contribution in [0, 0.1) is 5.92 Å². The van der Waals surface area contributed by atoms with Crippen molar-refractivity contribution in [3.63, 3.8) is 0 Å². The molecule has 0 aliphatic carbocycles. The largest absolute Gasteiger partial charge is 0.466 e. The third kappa shape index (κ3) is 6.49. The first kappa shape index (κ1) is 23.1. The summed E-state index contributed by atoms with van der Waals surface area (Å²) in [7, 11) is 0. The zero-order valence-corrected chi connectivity index (χ0v) is 19.6. The third-order valence-corrected chi connectivity index (χ3v) is 6.51. The van der Waals surface area contributed by atoms with Crippen molar-refractivity contribution in [2.75, 3.05) is 31.6 Å². The second-order valence-electron chi connectivity index (χ2n) is 8.16. The summed E-state index contributed by atoms with van der Waals surface area (Å²) in [4.78, 5) is 35.1. The van der Waals surface area contributed by atoms with Crippen LogP contribution in [0.1, 0.15) is 25.5 Å². The molecule has 33 heavy (non-hydrogen) atoms. The number of hydrogen-bond donors (Lipinski definition) is 1. The molecule has 3 heterocycles. The van der Waals surface area contributed by atoms with E-state index in [0.717, 1.165) is 43.9 Å². The molecule has 0 saturated carbocycles. The highest BCUT2D eigenvalue weighted by atomic mass is 32.1. The minimum absolute atomic E-state index is 0.0774. The number of likely N-dealkylation sites (tertiary alicyclic amines) is 1. The van der Waals surface area contributed by atoms with Gasteiger partial charge in [-0.25, -0.2) is 9.97 Å². The number of nitrogens with one attached hydrogen (secondary N) is 1. The third-order valence-electron chi connectivity index (χ3n) is 5.71. The predicted molar refractivity (Wildman–Crippen MR) is 128 cm³/mol. The lowest BCUT2D eigenvalue weighted by atomic mass is 9.96. The molecule has 3 aromatic rings. The van der Waals surface area contributed by atoms with Gasteiger partial charge in [-0.3, -0.25) is 14.5 Å². The van der Waals surface area contributed by atoms with Gasteiger partial charge in [0.2, 0.25) is 5.91 Å². The fourth-order valence-electron chi connectivity index (χ4n) is 4.08. The summed E-state index contributed by atoms with van der Waals surface area (Å²) in [5.41, 5.74) is 1.74. The Hall–Kier alpha value is -3.04. The van der Waals surface area contributed by atoms with Crippen molar-refractivity contribution in [2.45, 2.75) is 32.7 Å². The highest BCUT2D eigenvalue weighted by molar-refractivity contribution is 7.13. The topological polar surface area (TPSA) is 89.4 Å². The number of anilines is 1. The average Bonchev–Trinajstić information content (AvgIpc) is 3.45. The van der Waals surface area contributed by atoms with E-state index >= 15 is 0 Å². The number of nitrogens with zero attached hydrogens (tertiary/aromatic N) is 4. The highest BCUT2D eigenvalue weighted by Crippen LogP contribution is 2.23. The SMILES string of the molecule is CCOC(=O)Cc1csc(NC(=O)CN2CCC(Cn3ccnc3-c3ccccc3)CC2)n1. The maximum atomic E-state index is 12.5. The minimum Gasteiger partial charge on any atom is -0.466 e. The Labute approximate surface area is 197 Å². The lowest BCUT2D eigenvalue weighted by Gasteiger charge is -2.31. The van der Waals surface area contributed by atoms with Crippen LogP contribution < -0.4 is 5.32 Å². The van der Waals surface area contributed by atoms with Gasteiger partial charge in [-0.05, 0) is 38.8 Å². The molecule has 0 spiro atoms. The number of esters is 1. The van der Waals surface area contributed by atoms with E-state index in [0.29, 0.717) is 29.9 Å². The van der Waals surface area contributed by atoms with Crippen LogP contribution in [0.4, 0.5) is 5.13 Å². The number of carbonyl (C=O) groups excluding carboxylic acids is 2. The van der Waals surface area contributed by atoms with Crippen LogP contribution in [0.3, 0.4) is 0 Å². The Kier molecular flexibility index (Phi) is 7.85. The van der Waals surface area contributed by atoms with Crippen LogP contribution in [0.5, 0.6) is 0 Å². The number of ether oxygens (including phenoxy) is 1. The molecule has 0 atom stereocenters. The van der Waals surface area contributed by atoms with Crippen LogP contribution in [0.25, 0.3) is 11.4 Å². The van der Waals surface area contributed by atoms with Crippen LogP contribution in [-0.4, -0.2) is 57.6 Å². The van der Waals surface area contributed by atoms with Crippen molar-refractivity contribution in [1.29, 1.82) is 0 Å². The number of rotatable bonds is 9. The fraction of sp³-hybridized carbons (Fsp3) is 0.417. The van der Waals surface area contributed by atoms with Crippen LogP contribution in [0.2, 0.25) is 0 Å². The number of hydrogen-bond acceptors (Lipinski definition) is 7. The first-order valence-corrected chi connectivity index (χ1v) is 12.2. The van der Waals surface area contributed by atoms with Crippen LogP contribution in [-0.2, 0) is 27.3 Å². The zero-order valence-electron chi connectivity index (χ0n) is 18.8. The molecule has 1 aromatic carbocycles. The Morgan fingerprint density at radius 2 is 2.00 bits per heavy atom. The van der Waals surface area contributed by atoms with E-state index in [1.807, 2.05) is 30.6 Å². The van der Waals surface area contributed by atoms with E-state index in [-0.39, 0.29) is 18.3 Å². The number of benzene rings is 1. The Balaban J connectivity index is 1.22. The monoisotopic (exact) mass is 467 g/mol.